The van der Waals surface area contributed by atoms with Gasteiger partial charge in [-0.15, -0.1) is 0 Å². The standard InChI is InChI=1S/C21H18Cl2N8O2/c1-13(19-27-12-28-31(19)20-25-5-2-6-26-20)29-21(32)30-17-10-18(16(23)9-15(17)22)33-11-14-3-7-24-8-4-14/h2-10,12-13H,11H2,1H3,(H2,29,30,32). The van der Waals surface area contributed by atoms with Crippen molar-refractivity contribution in [1.82, 2.24) is 35.0 Å². The van der Waals surface area contributed by atoms with Crippen LogP contribution in [0.2, 0.25) is 10.0 Å². The third-order valence-electron chi connectivity index (χ3n) is 4.46. The van der Waals surface area contributed by atoms with Crippen molar-refractivity contribution < 1.29 is 9.53 Å². The smallest absolute Gasteiger partial charge is 0.319 e. The number of carbonyl (C=O) groups is 1. The largest absolute Gasteiger partial charge is 0.487 e. The Kier molecular flexibility index (Phi) is 6.96. The zero-order valence-corrected chi connectivity index (χ0v) is 18.8. The first kappa shape index (κ1) is 22.4. The molecule has 0 aliphatic heterocycles. The first-order chi connectivity index (χ1) is 16.0. The number of pyridine rings is 1. The van der Waals surface area contributed by atoms with E-state index >= 15 is 0 Å². The summed E-state index contributed by atoms with van der Waals surface area (Å²) in [7, 11) is 0. The number of hydrogen-bond acceptors (Lipinski definition) is 7. The maximum Gasteiger partial charge on any atom is 0.319 e. The van der Waals surface area contributed by atoms with Gasteiger partial charge in [0.2, 0.25) is 0 Å². The van der Waals surface area contributed by atoms with Crippen molar-refractivity contribution in [2.45, 2.75) is 19.6 Å². The molecule has 2 N–H and O–H groups in total. The fraction of sp³-hybridized carbons (Fsp3) is 0.143. The quantitative estimate of drug-likeness (QED) is 0.402. The van der Waals surface area contributed by atoms with Crippen LogP contribution in [0.15, 0.2) is 61.4 Å². The van der Waals surface area contributed by atoms with E-state index in [0.29, 0.717) is 28.2 Å². The predicted octanol–water partition coefficient (Wildman–Crippen LogP) is 4.22. The van der Waals surface area contributed by atoms with E-state index in [4.69, 9.17) is 27.9 Å². The van der Waals surface area contributed by atoms with Crippen molar-refractivity contribution in [3.05, 3.63) is 82.9 Å². The lowest BCUT2D eigenvalue weighted by Gasteiger charge is -2.16. The van der Waals surface area contributed by atoms with Crippen LogP contribution >= 0.6 is 23.2 Å². The van der Waals surface area contributed by atoms with E-state index in [0.717, 1.165) is 5.56 Å². The Balaban J connectivity index is 1.44. The average Bonchev–Trinajstić information content (AvgIpc) is 3.31. The zero-order chi connectivity index (χ0) is 23.2. The van der Waals surface area contributed by atoms with Crippen LogP contribution in [0.4, 0.5) is 10.5 Å². The Morgan fingerprint density at radius 3 is 2.61 bits per heavy atom. The highest BCUT2D eigenvalue weighted by Crippen LogP contribution is 2.34. The molecule has 1 unspecified atom stereocenters. The van der Waals surface area contributed by atoms with Gasteiger partial charge < -0.3 is 15.4 Å². The second kappa shape index (κ2) is 10.2. The summed E-state index contributed by atoms with van der Waals surface area (Å²) in [5, 5.41) is 10.2. The van der Waals surface area contributed by atoms with E-state index in [1.54, 1.807) is 43.8 Å². The van der Waals surface area contributed by atoms with Gasteiger partial charge in [0.1, 0.15) is 18.7 Å². The van der Waals surface area contributed by atoms with E-state index in [1.807, 2.05) is 12.1 Å². The molecule has 4 aromatic rings. The molecule has 0 bridgehead atoms. The molecule has 0 aliphatic carbocycles. The van der Waals surface area contributed by atoms with E-state index < -0.39 is 12.1 Å². The second-order valence-electron chi connectivity index (χ2n) is 6.81. The number of urea groups is 1. The number of ether oxygens (including phenoxy) is 1. The lowest BCUT2D eigenvalue weighted by atomic mass is 10.2. The lowest BCUT2D eigenvalue weighted by molar-refractivity contribution is 0.248. The molecule has 10 nitrogen and oxygen atoms in total. The molecule has 33 heavy (non-hydrogen) atoms. The van der Waals surface area contributed by atoms with Crippen LogP contribution in [0.3, 0.4) is 0 Å². The second-order valence-corrected chi connectivity index (χ2v) is 7.62. The van der Waals surface area contributed by atoms with Crippen LogP contribution in [0.1, 0.15) is 24.4 Å². The summed E-state index contributed by atoms with van der Waals surface area (Å²) in [5.74, 6) is 1.18. The first-order valence-corrected chi connectivity index (χ1v) is 10.5. The Hall–Kier alpha value is -3.76. The molecule has 1 aromatic carbocycles. The van der Waals surface area contributed by atoms with Crippen molar-refractivity contribution >= 4 is 34.9 Å². The molecule has 12 heteroatoms. The van der Waals surface area contributed by atoms with E-state index in [-0.39, 0.29) is 11.6 Å². The minimum absolute atomic E-state index is 0.264. The maximum absolute atomic E-state index is 12.6. The summed E-state index contributed by atoms with van der Waals surface area (Å²) in [6, 6.07) is 7.41. The predicted molar refractivity (Wildman–Crippen MR) is 123 cm³/mol. The molecule has 0 radical (unpaired) electrons. The number of rotatable bonds is 7. The fourth-order valence-electron chi connectivity index (χ4n) is 2.90. The summed E-state index contributed by atoms with van der Waals surface area (Å²) in [6.45, 7) is 2.04. The first-order valence-electron chi connectivity index (χ1n) is 9.77. The molecule has 0 saturated carbocycles. The zero-order valence-electron chi connectivity index (χ0n) is 17.3. The summed E-state index contributed by atoms with van der Waals surface area (Å²) in [6.07, 6.45) is 7.89. The molecule has 2 amide bonds. The number of nitrogens with zero attached hydrogens (tertiary/aromatic N) is 6. The molecule has 3 heterocycles. The Morgan fingerprint density at radius 1 is 1.09 bits per heavy atom. The molecule has 168 valence electrons. The van der Waals surface area contributed by atoms with Gasteiger partial charge in [0.25, 0.3) is 5.95 Å². The summed E-state index contributed by atoms with van der Waals surface area (Å²) < 4.78 is 7.23. The minimum Gasteiger partial charge on any atom is -0.487 e. The highest BCUT2D eigenvalue weighted by atomic mass is 35.5. The molecule has 0 aliphatic rings. The van der Waals surface area contributed by atoms with Crippen LogP contribution in [-0.2, 0) is 6.61 Å². The number of halogens is 2. The van der Waals surface area contributed by atoms with Gasteiger partial charge in [-0.3, -0.25) is 4.98 Å². The van der Waals surface area contributed by atoms with E-state index in [2.05, 4.69) is 35.7 Å². The summed E-state index contributed by atoms with van der Waals surface area (Å²) >= 11 is 12.5. The Bertz CT molecular complexity index is 1240. The Morgan fingerprint density at radius 2 is 1.85 bits per heavy atom. The summed E-state index contributed by atoms with van der Waals surface area (Å²) in [5.41, 5.74) is 1.26. The third kappa shape index (κ3) is 5.54. The molecule has 3 aromatic heterocycles. The van der Waals surface area contributed by atoms with Gasteiger partial charge in [0.15, 0.2) is 5.82 Å². The van der Waals surface area contributed by atoms with Crippen molar-refractivity contribution in [2.24, 2.45) is 0 Å². The minimum atomic E-state index is -0.509. The Labute approximate surface area is 199 Å². The number of amides is 2. The van der Waals surface area contributed by atoms with Crippen LogP contribution in [0.25, 0.3) is 5.95 Å². The third-order valence-corrected chi connectivity index (χ3v) is 5.07. The van der Waals surface area contributed by atoms with Gasteiger partial charge in [0.05, 0.1) is 21.8 Å². The maximum atomic E-state index is 12.6. The highest BCUT2D eigenvalue weighted by molar-refractivity contribution is 6.37. The normalized spacial score (nSPS) is 11.6. The van der Waals surface area contributed by atoms with Gasteiger partial charge in [-0.2, -0.15) is 9.78 Å². The summed E-state index contributed by atoms with van der Waals surface area (Å²) in [4.78, 5) is 29.1. The van der Waals surface area contributed by atoms with Gasteiger partial charge in [0, 0.05) is 30.9 Å². The van der Waals surface area contributed by atoms with Crippen LogP contribution in [-0.4, -0.2) is 35.7 Å². The van der Waals surface area contributed by atoms with E-state index in [1.165, 1.54) is 17.1 Å². The molecular formula is C21H18Cl2N8O2. The molecule has 0 saturated heterocycles. The van der Waals surface area contributed by atoms with Gasteiger partial charge in [-0.25, -0.2) is 19.7 Å². The number of aromatic nitrogens is 6. The molecule has 1 atom stereocenters. The topological polar surface area (TPSA) is 120 Å². The number of carbonyl (C=O) groups excluding carboxylic acids is 1. The number of nitrogens with one attached hydrogen (secondary N) is 2. The monoisotopic (exact) mass is 484 g/mol. The highest BCUT2D eigenvalue weighted by Gasteiger charge is 2.19. The fourth-order valence-corrected chi connectivity index (χ4v) is 3.38. The van der Waals surface area contributed by atoms with Crippen molar-refractivity contribution in [3.63, 3.8) is 0 Å². The van der Waals surface area contributed by atoms with Crippen molar-refractivity contribution in [2.75, 3.05) is 5.32 Å². The average molecular weight is 485 g/mol. The SMILES string of the molecule is CC(NC(=O)Nc1cc(OCc2ccncc2)c(Cl)cc1Cl)c1ncnn1-c1ncccn1. The van der Waals surface area contributed by atoms with Crippen LogP contribution in [0, 0.1) is 0 Å². The van der Waals surface area contributed by atoms with Gasteiger partial charge in [-0.1, -0.05) is 23.2 Å². The van der Waals surface area contributed by atoms with Gasteiger partial charge >= 0.3 is 6.03 Å². The number of benzene rings is 1. The molecule has 0 spiro atoms. The van der Waals surface area contributed by atoms with Crippen LogP contribution < -0.4 is 15.4 Å². The lowest BCUT2D eigenvalue weighted by Crippen LogP contribution is -2.32. The molecule has 0 fully saturated rings. The molecular weight excluding hydrogens is 467 g/mol. The van der Waals surface area contributed by atoms with E-state index in [9.17, 15) is 4.79 Å². The van der Waals surface area contributed by atoms with Crippen molar-refractivity contribution in [3.8, 4) is 11.7 Å². The number of anilines is 1. The van der Waals surface area contributed by atoms with Crippen molar-refractivity contribution in [1.29, 1.82) is 0 Å². The number of hydrogen-bond donors (Lipinski definition) is 2. The van der Waals surface area contributed by atoms with Crippen LogP contribution in [0.5, 0.6) is 5.75 Å². The van der Waals surface area contributed by atoms with Gasteiger partial charge in [-0.05, 0) is 36.8 Å². The molecule has 4 rings (SSSR count).